The number of pyridine rings is 1. The molecule has 134 valence electrons. The summed E-state index contributed by atoms with van der Waals surface area (Å²) in [5, 5.41) is 20.9. The number of carbonyl (C=O) groups is 3. The van der Waals surface area contributed by atoms with Crippen LogP contribution >= 0.6 is 11.8 Å². The minimum atomic E-state index is -1.07. The number of carboxylic acids is 1. The van der Waals surface area contributed by atoms with E-state index in [4.69, 9.17) is 0 Å². The van der Waals surface area contributed by atoms with Gasteiger partial charge < -0.3 is 25.0 Å². The van der Waals surface area contributed by atoms with E-state index in [0.29, 0.717) is 0 Å². The summed E-state index contributed by atoms with van der Waals surface area (Å²) in [6, 6.07) is -0.584. The zero-order valence-corrected chi connectivity index (χ0v) is 14.3. The van der Waals surface area contributed by atoms with Gasteiger partial charge in [0.1, 0.15) is 24.0 Å². The highest BCUT2D eigenvalue weighted by Gasteiger charge is 2.64. The Bertz CT molecular complexity index is 820. The Labute approximate surface area is 146 Å². The highest BCUT2D eigenvalue weighted by molar-refractivity contribution is 8.01. The number of carbonyl (C=O) groups excluding carboxylic acids is 2. The van der Waals surface area contributed by atoms with E-state index in [1.54, 1.807) is 13.8 Å². The SMILES string of the molecule is CC1(C)S[C@@H]2[C@H](NC(=O)Cn3ccc(=O)c(O)c3)C(=O)N2[C@H]1C(=O)O. The molecule has 2 aliphatic heterocycles. The van der Waals surface area contributed by atoms with E-state index in [-0.39, 0.29) is 6.54 Å². The summed E-state index contributed by atoms with van der Waals surface area (Å²) in [7, 11) is 0. The fourth-order valence-electron chi connectivity index (χ4n) is 3.14. The summed E-state index contributed by atoms with van der Waals surface area (Å²) in [5.41, 5.74) is -0.550. The monoisotopic (exact) mass is 367 g/mol. The van der Waals surface area contributed by atoms with E-state index < -0.39 is 51.2 Å². The van der Waals surface area contributed by atoms with E-state index >= 15 is 0 Å². The number of hydrogen-bond acceptors (Lipinski definition) is 6. The Balaban J connectivity index is 1.67. The van der Waals surface area contributed by atoms with Gasteiger partial charge in [0.05, 0.1) is 6.20 Å². The predicted molar refractivity (Wildman–Crippen MR) is 88.0 cm³/mol. The van der Waals surface area contributed by atoms with Crippen LogP contribution in [0.1, 0.15) is 13.8 Å². The third kappa shape index (κ3) is 2.86. The molecule has 1 aromatic heterocycles. The number of aromatic nitrogens is 1. The van der Waals surface area contributed by atoms with Crippen LogP contribution in [0.5, 0.6) is 5.75 Å². The number of amides is 2. The number of hydrogen-bond donors (Lipinski definition) is 3. The van der Waals surface area contributed by atoms with Gasteiger partial charge in [-0.2, -0.15) is 0 Å². The molecule has 10 heteroatoms. The Hall–Kier alpha value is -2.49. The molecule has 9 nitrogen and oxygen atoms in total. The van der Waals surface area contributed by atoms with Crippen LogP contribution in [0.25, 0.3) is 0 Å². The van der Waals surface area contributed by atoms with Crippen LogP contribution in [0.2, 0.25) is 0 Å². The second-order valence-electron chi connectivity index (χ2n) is 6.51. The van der Waals surface area contributed by atoms with Gasteiger partial charge in [0.15, 0.2) is 5.75 Å². The van der Waals surface area contributed by atoms with Gasteiger partial charge in [-0.05, 0) is 13.8 Å². The maximum Gasteiger partial charge on any atom is 0.327 e. The highest BCUT2D eigenvalue weighted by atomic mass is 32.2. The maximum absolute atomic E-state index is 12.3. The molecular weight excluding hydrogens is 350 g/mol. The van der Waals surface area contributed by atoms with Crippen LogP contribution in [0.3, 0.4) is 0 Å². The fraction of sp³-hybridized carbons (Fsp3) is 0.467. The Morgan fingerprint density at radius 2 is 2.04 bits per heavy atom. The van der Waals surface area contributed by atoms with Crippen molar-refractivity contribution in [3.63, 3.8) is 0 Å². The standard InChI is InChI=1S/C15H17N3O6S/c1-15(2)11(14(23)24)18-12(22)10(13(18)25-15)16-9(21)6-17-4-3-7(19)8(20)5-17/h3-5,10-11,13,20H,6H2,1-2H3,(H,16,21)(H,23,24)/t10-,11+,13-/m1/s1. The van der Waals surface area contributed by atoms with Gasteiger partial charge >= 0.3 is 5.97 Å². The van der Waals surface area contributed by atoms with Gasteiger partial charge in [-0.15, -0.1) is 11.8 Å². The van der Waals surface area contributed by atoms with Crippen LogP contribution in [-0.2, 0) is 20.9 Å². The lowest BCUT2D eigenvalue weighted by Gasteiger charge is -2.43. The van der Waals surface area contributed by atoms with E-state index in [1.807, 2.05) is 0 Å². The molecular formula is C15H17N3O6S. The average Bonchev–Trinajstić information content (AvgIpc) is 2.77. The van der Waals surface area contributed by atoms with Gasteiger partial charge in [0.2, 0.25) is 17.2 Å². The number of fused-ring (bicyclic) bond motifs is 1. The smallest absolute Gasteiger partial charge is 0.327 e. The molecule has 3 heterocycles. The average molecular weight is 367 g/mol. The summed E-state index contributed by atoms with van der Waals surface area (Å²) < 4.78 is 0.662. The molecule has 3 rings (SSSR count). The van der Waals surface area contributed by atoms with Crippen molar-refractivity contribution in [2.45, 2.75) is 42.6 Å². The number of β-lactam (4-membered cyclic amide) rings is 1. The number of thioether (sulfide) groups is 1. The first-order chi connectivity index (χ1) is 11.6. The lowest BCUT2D eigenvalue weighted by atomic mass is 9.96. The molecule has 25 heavy (non-hydrogen) atoms. The zero-order chi connectivity index (χ0) is 18.5. The van der Waals surface area contributed by atoms with Crippen LogP contribution in [0.4, 0.5) is 0 Å². The first-order valence-electron chi connectivity index (χ1n) is 7.53. The number of nitrogens with one attached hydrogen (secondary N) is 1. The third-order valence-electron chi connectivity index (χ3n) is 4.28. The molecule has 0 unspecified atom stereocenters. The number of carboxylic acid groups (broad SMARTS) is 1. The number of aromatic hydroxyl groups is 1. The molecule has 2 aliphatic rings. The van der Waals surface area contributed by atoms with Crippen LogP contribution < -0.4 is 10.7 Å². The van der Waals surface area contributed by atoms with Crippen molar-refractivity contribution >= 4 is 29.5 Å². The molecule has 1 aromatic rings. The summed E-state index contributed by atoms with van der Waals surface area (Å²) in [6.45, 7) is 3.33. The van der Waals surface area contributed by atoms with Gasteiger partial charge in [-0.3, -0.25) is 14.4 Å². The molecule has 0 saturated carbocycles. The molecule has 0 spiro atoms. The number of rotatable bonds is 4. The molecule has 0 aliphatic carbocycles. The molecule has 3 N–H and O–H groups in total. The van der Waals surface area contributed by atoms with Crippen molar-refractivity contribution in [3.05, 3.63) is 28.7 Å². The lowest BCUT2D eigenvalue weighted by molar-refractivity contribution is -0.161. The van der Waals surface area contributed by atoms with Crippen LogP contribution in [0, 0.1) is 0 Å². The van der Waals surface area contributed by atoms with Crippen LogP contribution in [0.15, 0.2) is 23.3 Å². The minimum Gasteiger partial charge on any atom is -0.503 e. The van der Waals surface area contributed by atoms with Crippen LogP contribution in [-0.4, -0.2) is 59.7 Å². The van der Waals surface area contributed by atoms with E-state index in [2.05, 4.69) is 5.32 Å². The van der Waals surface area contributed by atoms with Crippen molar-refractivity contribution in [2.24, 2.45) is 0 Å². The quantitative estimate of drug-likeness (QED) is 0.593. The molecule has 2 fully saturated rings. The summed E-state index contributed by atoms with van der Waals surface area (Å²) in [6.07, 6.45) is 2.48. The predicted octanol–water partition coefficient (Wildman–Crippen LogP) is -0.814. The number of aliphatic carboxylic acids is 1. The molecule has 0 radical (unpaired) electrons. The lowest BCUT2D eigenvalue weighted by Crippen LogP contribution is -2.70. The van der Waals surface area contributed by atoms with Crippen molar-refractivity contribution in [3.8, 4) is 5.75 Å². The van der Waals surface area contributed by atoms with Gasteiger partial charge in [0.25, 0.3) is 0 Å². The molecule has 3 atom stereocenters. The normalized spacial score (nSPS) is 26.7. The zero-order valence-electron chi connectivity index (χ0n) is 13.5. The van der Waals surface area contributed by atoms with Crippen molar-refractivity contribution in [1.29, 1.82) is 0 Å². The summed E-state index contributed by atoms with van der Waals surface area (Å²) >= 11 is 1.34. The highest BCUT2D eigenvalue weighted by Crippen LogP contribution is 2.50. The molecule has 2 amide bonds. The number of nitrogens with zero attached hydrogens (tertiary/aromatic N) is 2. The second-order valence-corrected chi connectivity index (χ2v) is 8.28. The molecule has 0 aromatic carbocycles. The Kier molecular flexibility index (Phi) is 4.02. The topological polar surface area (TPSA) is 129 Å². The summed E-state index contributed by atoms with van der Waals surface area (Å²) in [4.78, 5) is 48.3. The Morgan fingerprint density at radius 1 is 1.36 bits per heavy atom. The van der Waals surface area contributed by atoms with Crippen molar-refractivity contribution in [1.82, 2.24) is 14.8 Å². The molecule has 2 saturated heterocycles. The third-order valence-corrected chi connectivity index (χ3v) is 5.85. The minimum absolute atomic E-state index is 0.180. The van der Waals surface area contributed by atoms with Crippen molar-refractivity contribution < 1.29 is 24.6 Å². The summed E-state index contributed by atoms with van der Waals surface area (Å²) in [5.74, 6) is -2.44. The largest absolute Gasteiger partial charge is 0.503 e. The van der Waals surface area contributed by atoms with Gasteiger partial charge in [-0.1, -0.05) is 0 Å². The van der Waals surface area contributed by atoms with E-state index in [0.717, 1.165) is 12.3 Å². The van der Waals surface area contributed by atoms with Gasteiger partial charge in [0, 0.05) is 17.0 Å². The van der Waals surface area contributed by atoms with E-state index in [9.17, 15) is 29.4 Å². The second kappa shape index (κ2) is 5.80. The van der Waals surface area contributed by atoms with Crippen molar-refractivity contribution in [2.75, 3.05) is 0 Å². The van der Waals surface area contributed by atoms with Gasteiger partial charge in [-0.25, -0.2) is 4.79 Å². The van der Waals surface area contributed by atoms with E-state index in [1.165, 1.54) is 27.4 Å². The fourth-order valence-corrected chi connectivity index (χ4v) is 4.77. The molecule has 0 bridgehead atoms. The first-order valence-corrected chi connectivity index (χ1v) is 8.41. The Morgan fingerprint density at radius 3 is 2.64 bits per heavy atom. The first kappa shape index (κ1) is 17.3. The maximum atomic E-state index is 12.3.